The minimum absolute atomic E-state index is 0.127. The third-order valence-electron chi connectivity index (χ3n) is 3.46. The summed E-state index contributed by atoms with van der Waals surface area (Å²) in [6.07, 6.45) is 0. The molecule has 0 saturated heterocycles. The fourth-order valence-electron chi connectivity index (χ4n) is 2.39. The van der Waals surface area contributed by atoms with Gasteiger partial charge in [-0.05, 0) is 24.3 Å². The van der Waals surface area contributed by atoms with E-state index in [1.54, 1.807) is 12.1 Å². The van der Waals surface area contributed by atoms with E-state index in [2.05, 4.69) is 14.7 Å². The molecule has 1 aliphatic heterocycles. The quantitative estimate of drug-likeness (QED) is 0.786. The highest BCUT2D eigenvalue weighted by Gasteiger charge is 2.24. The number of methoxy groups -OCH3 is 1. The van der Waals surface area contributed by atoms with Crippen LogP contribution in [0.3, 0.4) is 0 Å². The molecule has 2 aromatic rings. The maximum atomic E-state index is 11.8. The van der Waals surface area contributed by atoms with E-state index in [0.29, 0.717) is 29.9 Å². The number of fused-ring (bicyclic) bond motifs is 1. The van der Waals surface area contributed by atoms with Gasteiger partial charge < -0.3 is 15.4 Å². The van der Waals surface area contributed by atoms with E-state index >= 15 is 0 Å². The van der Waals surface area contributed by atoms with Gasteiger partial charge >= 0.3 is 5.97 Å². The van der Waals surface area contributed by atoms with Crippen LogP contribution in [-0.2, 0) is 17.8 Å². The number of nitrogens with one attached hydrogen (secondary N) is 1. The molecule has 0 aliphatic carbocycles. The number of H-pyrrole nitrogens is 1. The zero-order chi connectivity index (χ0) is 15.0. The fraction of sp³-hybridized carbons (Fsp3) is 0.214. The number of anilines is 2. The zero-order valence-electron chi connectivity index (χ0n) is 11.4. The van der Waals surface area contributed by atoms with E-state index < -0.39 is 0 Å². The van der Waals surface area contributed by atoms with E-state index in [0.717, 1.165) is 5.69 Å². The number of nitrogens with zero attached hydrogens (tertiary/aromatic N) is 2. The van der Waals surface area contributed by atoms with Gasteiger partial charge in [-0.1, -0.05) is 0 Å². The lowest BCUT2D eigenvalue weighted by atomic mass is 10.2. The average molecular weight is 286 g/mol. The van der Waals surface area contributed by atoms with Crippen molar-refractivity contribution >= 4 is 17.6 Å². The van der Waals surface area contributed by atoms with Crippen LogP contribution in [0.25, 0.3) is 0 Å². The lowest BCUT2D eigenvalue weighted by molar-refractivity contribution is 0.0601. The third-order valence-corrected chi connectivity index (χ3v) is 3.46. The van der Waals surface area contributed by atoms with E-state index in [1.165, 1.54) is 7.11 Å². The monoisotopic (exact) mass is 286 g/mol. The molecule has 3 N–H and O–H groups in total. The maximum absolute atomic E-state index is 11.8. The van der Waals surface area contributed by atoms with Gasteiger partial charge in [0.25, 0.3) is 5.56 Å². The zero-order valence-corrected chi connectivity index (χ0v) is 11.4. The number of hydrogen-bond acceptors (Lipinski definition) is 6. The molecule has 0 fully saturated rings. The highest BCUT2D eigenvalue weighted by molar-refractivity contribution is 5.89. The average Bonchev–Trinajstić information content (AvgIpc) is 2.91. The van der Waals surface area contributed by atoms with Crippen LogP contribution in [0.15, 0.2) is 29.1 Å². The van der Waals surface area contributed by atoms with Crippen LogP contribution < -0.4 is 16.2 Å². The number of rotatable bonds is 2. The summed E-state index contributed by atoms with van der Waals surface area (Å²) in [7, 11) is 1.34. The first kappa shape index (κ1) is 13.2. The van der Waals surface area contributed by atoms with Gasteiger partial charge in [0.05, 0.1) is 37.0 Å². The molecule has 0 amide bonds. The van der Waals surface area contributed by atoms with Crippen LogP contribution in [-0.4, -0.2) is 23.0 Å². The van der Waals surface area contributed by atoms with Crippen LogP contribution in [0.1, 0.15) is 21.6 Å². The summed E-state index contributed by atoms with van der Waals surface area (Å²) in [5, 5.41) is 0. The normalized spacial score (nSPS) is 13.1. The number of hydrogen-bond donors (Lipinski definition) is 2. The molecule has 2 heterocycles. The molecule has 7 nitrogen and oxygen atoms in total. The Labute approximate surface area is 120 Å². The summed E-state index contributed by atoms with van der Waals surface area (Å²) in [6, 6.07) is 7.01. The minimum atomic E-state index is -0.378. The topological polar surface area (TPSA) is 101 Å². The van der Waals surface area contributed by atoms with Crippen LogP contribution >= 0.6 is 0 Å². The SMILES string of the molecule is COC(=O)c1ccc(N2Cc3nc(N)[nH]c(=O)c3C2)cc1. The molecule has 0 bridgehead atoms. The summed E-state index contributed by atoms with van der Waals surface area (Å²) in [5.41, 5.74) is 8.05. The molecular formula is C14H14N4O3. The Morgan fingerprint density at radius 1 is 1.33 bits per heavy atom. The molecular weight excluding hydrogens is 272 g/mol. The van der Waals surface area contributed by atoms with Crippen molar-refractivity contribution in [3.63, 3.8) is 0 Å². The van der Waals surface area contributed by atoms with Crippen LogP contribution in [0.5, 0.6) is 0 Å². The van der Waals surface area contributed by atoms with Crippen LogP contribution in [0.4, 0.5) is 11.6 Å². The first-order valence-electron chi connectivity index (χ1n) is 6.39. The summed E-state index contributed by atoms with van der Waals surface area (Å²) in [6.45, 7) is 0.983. The Morgan fingerprint density at radius 3 is 2.71 bits per heavy atom. The van der Waals surface area contributed by atoms with Gasteiger partial charge in [-0.15, -0.1) is 0 Å². The fourth-order valence-corrected chi connectivity index (χ4v) is 2.39. The number of nitrogens with two attached hydrogens (primary N) is 1. The van der Waals surface area contributed by atoms with Gasteiger partial charge in [0, 0.05) is 5.69 Å². The molecule has 1 aromatic heterocycles. The van der Waals surface area contributed by atoms with Gasteiger partial charge in [0.2, 0.25) is 5.95 Å². The summed E-state index contributed by atoms with van der Waals surface area (Å²) in [5.74, 6) is -0.251. The van der Waals surface area contributed by atoms with Crippen molar-refractivity contribution in [2.45, 2.75) is 13.1 Å². The minimum Gasteiger partial charge on any atom is -0.465 e. The summed E-state index contributed by atoms with van der Waals surface area (Å²) >= 11 is 0. The van der Waals surface area contributed by atoms with Crippen molar-refractivity contribution in [2.75, 3.05) is 17.7 Å². The van der Waals surface area contributed by atoms with E-state index in [9.17, 15) is 9.59 Å². The van der Waals surface area contributed by atoms with E-state index in [1.807, 2.05) is 17.0 Å². The highest BCUT2D eigenvalue weighted by Crippen LogP contribution is 2.25. The van der Waals surface area contributed by atoms with Gasteiger partial charge in [0.15, 0.2) is 0 Å². The second-order valence-electron chi connectivity index (χ2n) is 4.77. The van der Waals surface area contributed by atoms with Gasteiger partial charge in [-0.3, -0.25) is 9.78 Å². The molecule has 3 rings (SSSR count). The molecule has 21 heavy (non-hydrogen) atoms. The third kappa shape index (κ3) is 2.33. The van der Waals surface area contributed by atoms with Crippen molar-refractivity contribution in [1.82, 2.24) is 9.97 Å². The first-order chi connectivity index (χ1) is 10.1. The molecule has 1 aliphatic rings. The van der Waals surface area contributed by atoms with Crippen molar-refractivity contribution < 1.29 is 9.53 Å². The lowest BCUT2D eigenvalue weighted by Crippen LogP contribution is -2.18. The van der Waals surface area contributed by atoms with Crippen molar-refractivity contribution in [1.29, 1.82) is 0 Å². The predicted molar refractivity (Wildman–Crippen MR) is 76.9 cm³/mol. The first-order valence-corrected chi connectivity index (χ1v) is 6.39. The molecule has 0 unspecified atom stereocenters. The number of aromatic amines is 1. The Bertz CT molecular complexity index is 752. The largest absolute Gasteiger partial charge is 0.465 e. The molecule has 108 valence electrons. The Kier molecular flexibility index (Phi) is 3.09. The molecule has 0 atom stereocenters. The molecule has 0 saturated carbocycles. The Balaban J connectivity index is 1.86. The van der Waals surface area contributed by atoms with Crippen molar-refractivity contribution in [3.8, 4) is 0 Å². The van der Waals surface area contributed by atoms with Gasteiger partial charge in [-0.25, -0.2) is 9.78 Å². The predicted octanol–water partition coefficient (Wildman–Crippen LogP) is 0.659. The number of carbonyl (C=O) groups excluding carboxylic acids is 1. The summed E-state index contributed by atoms with van der Waals surface area (Å²) in [4.78, 5) is 31.9. The van der Waals surface area contributed by atoms with Crippen molar-refractivity contribution in [2.24, 2.45) is 0 Å². The number of esters is 1. The van der Waals surface area contributed by atoms with Crippen LogP contribution in [0, 0.1) is 0 Å². The number of carbonyl (C=O) groups is 1. The molecule has 1 aromatic carbocycles. The number of benzene rings is 1. The second kappa shape index (κ2) is 4.93. The number of aromatic nitrogens is 2. The molecule has 0 radical (unpaired) electrons. The standard InChI is InChI=1S/C14H14N4O3/c1-21-13(20)8-2-4-9(5-3-8)18-6-10-11(7-18)16-14(15)17-12(10)19/h2-5H,6-7H2,1H3,(H3,15,16,17,19). The van der Waals surface area contributed by atoms with Crippen LogP contribution in [0.2, 0.25) is 0 Å². The Hall–Kier alpha value is -2.83. The van der Waals surface area contributed by atoms with E-state index in [-0.39, 0.29) is 17.5 Å². The highest BCUT2D eigenvalue weighted by atomic mass is 16.5. The Morgan fingerprint density at radius 2 is 2.05 bits per heavy atom. The smallest absolute Gasteiger partial charge is 0.337 e. The van der Waals surface area contributed by atoms with E-state index in [4.69, 9.17) is 5.73 Å². The van der Waals surface area contributed by atoms with Crippen molar-refractivity contribution in [3.05, 3.63) is 51.4 Å². The molecule has 0 spiro atoms. The lowest BCUT2D eigenvalue weighted by Gasteiger charge is -2.17. The van der Waals surface area contributed by atoms with Gasteiger partial charge in [0.1, 0.15) is 0 Å². The number of ether oxygens (including phenoxy) is 1. The molecule has 7 heteroatoms. The van der Waals surface area contributed by atoms with Gasteiger partial charge in [-0.2, -0.15) is 0 Å². The second-order valence-corrected chi connectivity index (χ2v) is 4.77. The number of nitrogen functional groups attached to an aromatic ring is 1. The summed E-state index contributed by atoms with van der Waals surface area (Å²) < 4.78 is 4.66. The maximum Gasteiger partial charge on any atom is 0.337 e.